The molecular formula is C16H23F2N. The lowest BCUT2D eigenvalue weighted by molar-refractivity contribution is 0.245. The summed E-state index contributed by atoms with van der Waals surface area (Å²) < 4.78 is 27.1. The van der Waals surface area contributed by atoms with Gasteiger partial charge in [-0.05, 0) is 54.4 Å². The molecule has 0 saturated heterocycles. The Morgan fingerprint density at radius 3 is 2.58 bits per heavy atom. The number of rotatable bonds is 6. The number of halogens is 2. The van der Waals surface area contributed by atoms with Crippen molar-refractivity contribution in [1.29, 1.82) is 0 Å². The lowest BCUT2D eigenvalue weighted by Crippen LogP contribution is -2.38. The average molecular weight is 267 g/mol. The molecular weight excluding hydrogens is 244 g/mol. The Balaban J connectivity index is 2.13. The summed E-state index contributed by atoms with van der Waals surface area (Å²) >= 11 is 0. The maximum Gasteiger partial charge on any atom is 0.126 e. The summed E-state index contributed by atoms with van der Waals surface area (Å²) in [4.78, 5) is 0. The van der Waals surface area contributed by atoms with Crippen LogP contribution < -0.4 is 5.32 Å². The Labute approximate surface area is 114 Å². The first-order chi connectivity index (χ1) is 8.90. The lowest BCUT2D eigenvalue weighted by Gasteiger charge is -2.31. The summed E-state index contributed by atoms with van der Waals surface area (Å²) in [6.07, 6.45) is 3.00. The number of benzene rings is 1. The summed E-state index contributed by atoms with van der Waals surface area (Å²) in [6.45, 7) is 7.25. The predicted octanol–water partition coefficient (Wildman–Crippen LogP) is 3.92. The highest BCUT2D eigenvalue weighted by Crippen LogP contribution is 2.47. The van der Waals surface area contributed by atoms with E-state index in [2.05, 4.69) is 26.1 Å². The molecule has 0 bridgehead atoms. The standard InChI is InChI=1S/C16H23F2N/c1-11(2)19-10-16(3,13-4-5-13)9-12-8-14(17)6-7-15(12)18/h6-8,11,13,19H,4-5,9-10H2,1-3H3. The second kappa shape index (κ2) is 5.58. The molecule has 3 heteroatoms. The largest absolute Gasteiger partial charge is 0.314 e. The summed E-state index contributed by atoms with van der Waals surface area (Å²) in [5.41, 5.74) is 0.513. The third-order valence-electron chi connectivity index (χ3n) is 4.08. The van der Waals surface area contributed by atoms with Gasteiger partial charge in [0.05, 0.1) is 0 Å². The van der Waals surface area contributed by atoms with Crippen LogP contribution in [0.5, 0.6) is 0 Å². The quantitative estimate of drug-likeness (QED) is 0.823. The van der Waals surface area contributed by atoms with Crippen molar-refractivity contribution in [2.75, 3.05) is 6.54 Å². The molecule has 19 heavy (non-hydrogen) atoms. The zero-order valence-corrected chi connectivity index (χ0v) is 12.0. The van der Waals surface area contributed by atoms with Gasteiger partial charge < -0.3 is 5.32 Å². The van der Waals surface area contributed by atoms with E-state index >= 15 is 0 Å². The van der Waals surface area contributed by atoms with Gasteiger partial charge in [-0.1, -0.05) is 20.8 Å². The van der Waals surface area contributed by atoms with E-state index in [-0.39, 0.29) is 17.0 Å². The highest BCUT2D eigenvalue weighted by atomic mass is 19.1. The molecule has 1 unspecified atom stereocenters. The van der Waals surface area contributed by atoms with Crippen LogP contribution in [0.15, 0.2) is 18.2 Å². The van der Waals surface area contributed by atoms with E-state index in [0.717, 1.165) is 6.54 Å². The molecule has 0 aromatic heterocycles. The third kappa shape index (κ3) is 3.75. The van der Waals surface area contributed by atoms with Crippen LogP contribution in [0.2, 0.25) is 0 Å². The fourth-order valence-corrected chi connectivity index (χ4v) is 2.68. The van der Waals surface area contributed by atoms with Crippen molar-refractivity contribution in [3.8, 4) is 0 Å². The lowest BCUT2D eigenvalue weighted by atomic mass is 9.78. The average Bonchev–Trinajstić information content (AvgIpc) is 3.16. The third-order valence-corrected chi connectivity index (χ3v) is 4.08. The van der Waals surface area contributed by atoms with Crippen LogP contribution >= 0.6 is 0 Å². The van der Waals surface area contributed by atoms with E-state index in [4.69, 9.17) is 0 Å². The number of hydrogen-bond donors (Lipinski definition) is 1. The molecule has 0 aliphatic heterocycles. The van der Waals surface area contributed by atoms with Gasteiger partial charge >= 0.3 is 0 Å². The normalized spacial score (nSPS) is 18.6. The molecule has 0 radical (unpaired) electrons. The first-order valence-electron chi connectivity index (χ1n) is 7.08. The van der Waals surface area contributed by atoms with Gasteiger partial charge in [0.15, 0.2) is 0 Å². The highest BCUT2D eigenvalue weighted by Gasteiger charge is 2.41. The minimum Gasteiger partial charge on any atom is -0.314 e. The van der Waals surface area contributed by atoms with Crippen molar-refractivity contribution in [2.24, 2.45) is 11.3 Å². The van der Waals surface area contributed by atoms with E-state index in [9.17, 15) is 8.78 Å². The molecule has 1 saturated carbocycles. The topological polar surface area (TPSA) is 12.0 Å². The van der Waals surface area contributed by atoms with E-state index in [1.54, 1.807) is 0 Å². The minimum atomic E-state index is -0.355. The first kappa shape index (κ1) is 14.4. The van der Waals surface area contributed by atoms with Crippen molar-refractivity contribution < 1.29 is 8.78 Å². The van der Waals surface area contributed by atoms with Gasteiger partial charge in [-0.25, -0.2) is 8.78 Å². The van der Waals surface area contributed by atoms with E-state index in [1.807, 2.05) is 0 Å². The molecule has 0 spiro atoms. The van der Waals surface area contributed by atoms with E-state index < -0.39 is 0 Å². The van der Waals surface area contributed by atoms with Gasteiger partial charge in [0, 0.05) is 12.6 Å². The van der Waals surface area contributed by atoms with Crippen molar-refractivity contribution in [3.05, 3.63) is 35.4 Å². The minimum absolute atomic E-state index is 0.0128. The molecule has 1 atom stereocenters. The molecule has 0 amide bonds. The molecule has 1 N–H and O–H groups in total. The van der Waals surface area contributed by atoms with Gasteiger partial charge in [-0.15, -0.1) is 0 Å². The molecule has 1 aromatic rings. The molecule has 0 heterocycles. The highest BCUT2D eigenvalue weighted by molar-refractivity contribution is 5.21. The van der Waals surface area contributed by atoms with Crippen molar-refractivity contribution in [3.63, 3.8) is 0 Å². The van der Waals surface area contributed by atoms with Crippen LogP contribution in [-0.4, -0.2) is 12.6 Å². The molecule has 1 nitrogen and oxygen atoms in total. The predicted molar refractivity (Wildman–Crippen MR) is 74.0 cm³/mol. The fraction of sp³-hybridized carbons (Fsp3) is 0.625. The van der Waals surface area contributed by atoms with Crippen molar-refractivity contribution in [2.45, 2.75) is 46.1 Å². The van der Waals surface area contributed by atoms with Gasteiger partial charge in [0.2, 0.25) is 0 Å². The van der Waals surface area contributed by atoms with Crippen LogP contribution in [0.4, 0.5) is 8.78 Å². The zero-order valence-electron chi connectivity index (χ0n) is 12.0. The Morgan fingerprint density at radius 1 is 1.32 bits per heavy atom. The Hall–Kier alpha value is -0.960. The van der Waals surface area contributed by atoms with Crippen molar-refractivity contribution >= 4 is 0 Å². The van der Waals surface area contributed by atoms with Gasteiger partial charge in [0.25, 0.3) is 0 Å². The Morgan fingerprint density at radius 2 is 2.00 bits per heavy atom. The second-order valence-electron chi connectivity index (χ2n) is 6.38. The smallest absolute Gasteiger partial charge is 0.126 e. The van der Waals surface area contributed by atoms with Crippen LogP contribution in [-0.2, 0) is 6.42 Å². The van der Waals surface area contributed by atoms with Gasteiger partial charge in [-0.3, -0.25) is 0 Å². The first-order valence-corrected chi connectivity index (χ1v) is 7.08. The fourth-order valence-electron chi connectivity index (χ4n) is 2.68. The van der Waals surface area contributed by atoms with E-state index in [0.29, 0.717) is 23.9 Å². The van der Waals surface area contributed by atoms with Gasteiger partial charge in [-0.2, -0.15) is 0 Å². The van der Waals surface area contributed by atoms with Crippen LogP contribution in [0.1, 0.15) is 39.2 Å². The zero-order chi connectivity index (χ0) is 14.0. The summed E-state index contributed by atoms with van der Waals surface area (Å²) in [7, 11) is 0. The van der Waals surface area contributed by atoms with Gasteiger partial charge in [0.1, 0.15) is 11.6 Å². The number of hydrogen-bond acceptors (Lipinski definition) is 1. The van der Waals surface area contributed by atoms with E-state index in [1.165, 1.54) is 31.0 Å². The summed E-state index contributed by atoms with van der Waals surface area (Å²) in [5.74, 6) is -0.0226. The molecule has 1 aliphatic rings. The molecule has 1 fully saturated rings. The van der Waals surface area contributed by atoms with Crippen molar-refractivity contribution in [1.82, 2.24) is 5.32 Å². The van der Waals surface area contributed by atoms with Crippen LogP contribution in [0, 0.1) is 23.0 Å². The van der Waals surface area contributed by atoms with Crippen LogP contribution in [0.3, 0.4) is 0 Å². The van der Waals surface area contributed by atoms with Crippen LogP contribution in [0.25, 0.3) is 0 Å². The molecule has 1 aliphatic carbocycles. The maximum absolute atomic E-state index is 13.8. The Kier molecular flexibility index (Phi) is 4.24. The summed E-state index contributed by atoms with van der Waals surface area (Å²) in [6, 6.07) is 4.16. The second-order valence-corrected chi connectivity index (χ2v) is 6.38. The monoisotopic (exact) mass is 267 g/mol. The molecule has 106 valence electrons. The Bertz CT molecular complexity index is 440. The molecule has 1 aromatic carbocycles. The maximum atomic E-state index is 13.8. The summed E-state index contributed by atoms with van der Waals surface area (Å²) in [5, 5.41) is 3.45. The molecule has 2 rings (SSSR count). The SMILES string of the molecule is CC(C)NCC(C)(Cc1cc(F)ccc1F)C1CC1. The number of nitrogens with one attached hydrogen (secondary N) is 1.